The zero-order valence-electron chi connectivity index (χ0n) is 34.7. The Morgan fingerprint density at radius 3 is 1.63 bits per heavy atom. The normalized spacial score (nSPS) is 28.6. The number of hydrogen-bond donors (Lipinski definition) is 8. The molecule has 0 aromatic carbocycles. The molecule has 344 valence electrons. The maximum absolute atomic E-state index is 12.6. The standard InChI is InChI=1S/C40H70O19/c1-4-5-13-16-26(43)19-32(47)59-38-36(51)34(49)30(23-54-25(3)42)58-40(38)55-21-27(44)17-14-11-9-7-6-8-10-12-15-18-28(20-31(45)46)56-39-37(52)35(50)33(48)29(57-39)22-53-24(2)41/h26-30,33-40,43-44,48-52H,4-23H2,1-3H3,(H,45,46)/t26?,27?,28?,29-,30-,33-,34-,35+,36+,37-,38-,39-,40-/m1/s1. The molecule has 59 heavy (non-hydrogen) atoms. The highest BCUT2D eigenvalue weighted by Crippen LogP contribution is 2.28. The van der Waals surface area contributed by atoms with Crippen LogP contribution in [0.4, 0.5) is 0 Å². The van der Waals surface area contributed by atoms with Gasteiger partial charge in [0.25, 0.3) is 0 Å². The van der Waals surface area contributed by atoms with Crippen LogP contribution in [0, 0.1) is 0 Å². The first-order chi connectivity index (χ1) is 28.0. The quantitative estimate of drug-likeness (QED) is 0.0285. The maximum atomic E-state index is 12.6. The van der Waals surface area contributed by atoms with Crippen molar-refractivity contribution in [2.75, 3.05) is 19.8 Å². The summed E-state index contributed by atoms with van der Waals surface area (Å²) in [6.07, 6.45) is -6.60. The van der Waals surface area contributed by atoms with Crippen molar-refractivity contribution in [2.45, 2.75) is 210 Å². The molecule has 13 atom stereocenters. The second kappa shape index (κ2) is 28.9. The van der Waals surface area contributed by atoms with Crippen molar-refractivity contribution in [1.29, 1.82) is 0 Å². The summed E-state index contributed by atoms with van der Waals surface area (Å²) < 4.78 is 37.9. The summed E-state index contributed by atoms with van der Waals surface area (Å²) in [6.45, 7) is 3.36. The van der Waals surface area contributed by atoms with E-state index in [4.69, 9.17) is 33.2 Å². The number of aliphatic hydroxyl groups is 7. The van der Waals surface area contributed by atoms with Crippen LogP contribution < -0.4 is 0 Å². The third-order valence-electron chi connectivity index (χ3n) is 10.3. The van der Waals surface area contributed by atoms with Crippen molar-refractivity contribution in [3.63, 3.8) is 0 Å². The number of carboxylic acid groups (broad SMARTS) is 1. The first-order valence-electron chi connectivity index (χ1n) is 21.1. The van der Waals surface area contributed by atoms with Gasteiger partial charge in [0.2, 0.25) is 0 Å². The molecule has 0 aromatic rings. The van der Waals surface area contributed by atoms with E-state index in [-0.39, 0.29) is 32.7 Å². The summed E-state index contributed by atoms with van der Waals surface area (Å²) in [6, 6.07) is 0. The minimum absolute atomic E-state index is 0.226. The molecule has 0 bridgehead atoms. The molecule has 19 heteroatoms. The molecule has 2 fully saturated rings. The van der Waals surface area contributed by atoms with Crippen molar-refractivity contribution < 1.29 is 93.2 Å². The van der Waals surface area contributed by atoms with E-state index in [0.717, 1.165) is 64.2 Å². The van der Waals surface area contributed by atoms with E-state index in [1.165, 1.54) is 13.8 Å². The molecule has 8 N–H and O–H groups in total. The molecule has 3 unspecified atom stereocenters. The second-order valence-electron chi connectivity index (χ2n) is 15.6. The maximum Gasteiger partial charge on any atom is 0.308 e. The highest BCUT2D eigenvalue weighted by atomic mass is 16.7. The van der Waals surface area contributed by atoms with Crippen molar-refractivity contribution in [2.24, 2.45) is 0 Å². The van der Waals surface area contributed by atoms with Crippen molar-refractivity contribution >= 4 is 23.9 Å². The predicted octanol–water partition coefficient (Wildman–Crippen LogP) is 1.14. The Labute approximate surface area is 346 Å². The molecule has 0 spiro atoms. The summed E-state index contributed by atoms with van der Waals surface area (Å²) in [4.78, 5) is 46.6. The number of esters is 3. The van der Waals surface area contributed by atoms with Gasteiger partial charge >= 0.3 is 23.9 Å². The Hall–Kier alpha value is -2.56. The van der Waals surface area contributed by atoms with E-state index in [9.17, 15) is 60.0 Å². The molecular weight excluding hydrogens is 784 g/mol. The Morgan fingerprint density at radius 2 is 1.08 bits per heavy atom. The van der Waals surface area contributed by atoms with Gasteiger partial charge in [0.05, 0.1) is 37.8 Å². The van der Waals surface area contributed by atoms with E-state index in [2.05, 4.69) is 0 Å². The van der Waals surface area contributed by atoms with Crippen LogP contribution in [0.2, 0.25) is 0 Å². The Bertz CT molecular complexity index is 1210. The number of carboxylic acids is 1. The lowest BCUT2D eigenvalue weighted by molar-refractivity contribution is -0.312. The SMILES string of the molecule is CCCCCC(O)CC(=O)O[C@H]1[C@H](OCC(O)CCCCCCCCCCCC(CC(=O)O)O[C@@H]2O[C@H](COC(C)=O)[C@@H](O)[C@H](O)[C@H]2O)O[C@H](COC(C)=O)[C@@H](O)[C@@H]1O. The number of carbonyl (C=O) groups excluding carboxylic acids is 3. The second-order valence-corrected chi connectivity index (χ2v) is 15.6. The molecule has 0 aliphatic carbocycles. The summed E-state index contributed by atoms with van der Waals surface area (Å²) in [5, 5.41) is 82.4. The molecule has 2 heterocycles. The number of carbonyl (C=O) groups is 4. The van der Waals surface area contributed by atoms with Crippen LogP contribution in [0.1, 0.15) is 130 Å². The van der Waals surface area contributed by atoms with Crippen LogP contribution in [0.3, 0.4) is 0 Å². The lowest BCUT2D eigenvalue weighted by Crippen LogP contribution is -2.61. The Balaban J connectivity index is 1.70. The van der Waals surface area contributed by atoms with Gasteiger partial charge in [-0.2, -0.15) is 0 Å². The fourth-order valence-corrected chi connectivity index (χ4v) is 6.87. The van der Waals surface area contributed by atoms with Crippen LogP contribution in [-0.4, -0.2) is 164 Å². The average Bonchev–Trinajstić information content (AvgIpc) is 3.17. The molecule has 2 aliphatic heterocycles. The summed E-state index contributed by atoms with van der Waals surface area (Å²) in [7, 11) is 0. The van der Waals surface area contributed by atoms with Crippen LogP contribution in [0.5, 0.6) is 0 Å². The van der Waals surface area contributed by atoms with Crippen molar-refractivity contribution in [3.05, 3.63) is 0 Å². The fraction of sp³-hybridized carbons (Fsp3) is 0.900. The molecule has 0 saturated carbocycles. The number of unbranched alkanes of at least 4 members (excludes halogenated alkanes) is 10. The Kier molecular flexibility index (Phi) is 25.7. The summed E-state index contributed by atoms with van der Waals surface area (Å²) in [5.74, 6) is -3.19. The summed E-state index contributed by atoms with van der Waals surface area (Å²) in [5.41, 5.74) is 0. The third kappa shape index (κ3) is 20.7. The lowest BCUT2D eigenvalue weighted by atomic mass is 9.99. The monoisotopic (exact) mass is 854 g/mol. The minimum atomic E-state index is -1.66. The van der Waals surface area contributed by atoms with Gasteiger partial charge in [0.1, 0.15) is 55.9 Å². The number of aliphatic hydroxyl groups excluding tert-OH is 7. The van der Waals surface area contributed by atoms with Gasteiger partial charge in [0, 0.05) is 13.8 Å². The van der Waals surface area contributed by atoms with Gasteiger partial charge in [-0.25, -0.2) is 0 Å². The smallest absolute Gasteiger partial charge is 0.308 e. The van der Waals surface area contributed by atoms with E-state index in [1.807, 2.05) is 6.92 Å². The van der Waals surface area contributed by atoms with Gasteiger partial charge in [-0.15, -0.1) is 0 Å². The number of hydrogen-bond acceptors (Lipinski definition) is 18. The number of ether oxygens (including phenoxy) is 7. The Morgan fingerprint density at radius 1 is 0.593 bits per heavy atom. The zero-order chi connectivity index (χ0) is 43.9. The summed E-state index contributed by atoms with van der Waals surface area (Å²) >= 11 is 0. The molecule has 0 amide bonds. The lowest BCUT2D eigenvalue weighted by Gasteiger charge is -2.41. The van der Waals surface area contributed by atoms with E-state index >= 15 is 0 Å². The molecular formula is C40H70O19. The fourth-order valence-electron chi connectivity index (χ4n) is 6.87. The predicted molar refractivity (Wildman–Crippen MR) is 205 cm³/mol. The van der Waals surface area contributed by atoms with Crippen LogP contribution in [0.15, 0.2) is 0 Å². The first kappa shape index (κ1) is 52.6. The van der Waals surface area contributed by atoms with Crippen molar-refractivity contribution in [1.82, 2.24) is 0 Å². The van der Waals surface area contributed by atoms with Gasteiger partial charge in [-0.05, 0) is 19.3 Å². The first-order valence-corrected chi connectivity index (χ1v) is 21.1. The van der Waals surface area contributed by atoms with Crippen LogP contribution in [0.25, 0.3) is 0 Å². The van der Waals surface area contributed by atoms with Gasteiger partial charge in [0.15, 0.2) is 18.7 Å². The molecule has 0 radical (unpaired) electrons. The number of aliphatic carboxylic acids is 1. The van der Waals surface area contributed by atoms with Crippen LogP contribution >= 0.6 is 0 Å². The average molecular weight is 855 g/mol. The molecule has 2 saturated heterocycles. The van der Waals surface area contributed by atoms with Gasteiger partial charge < -0.3 is 74.0 Å². The molecule has 2 aliphatic rings. The highest BCUT2D eigenvalue weighted by Gasteiger charge is 2.48. The highest BCUT2D eigenvalue weighted by molar-refractivity contribution is 5.70. The molecule has 0 aromatic heterocycles. The molecule has 19 nitrogen and oxygen atoms in total. The zero-order valence-corrected chi connectivity index (χ0v) is 34.7. The number of rotatable bonds is 30. The molecule has 2 rings (SSSR count). The van der Waals surface area contributed by atoms with Crippen molar-refractivity contribution in [3.8, 4) is 0 Å². The minimum Gasteiger partial charge on any atom is -0.481 e. The van der Waals surface area contributed by atoms with E-state index in [0.29, 0.717) is 32.1 Å². The van der Waals surface area contributed by atoms with E-state index < -0.39 is 104 Å². The van der Waals surface area contributed by atoms with Gasteiger partial charge in [-0.1, -0.05) is 84.0 Å². The topological polar surface area (TPSA) is 295 Å². The van der Waals surface area contributed by atoms with Gasteiger partial charge in [-0.3, -0.25) is 19.2 Å². The third-order valence-corrected chi connectivity index (χ3v) is 10.3. The van der Waals surface area contributed by atoms with Crippen LogP contribution in [-0.2, 0) is 52.3 Å². The van der Waals surface area contributed by atoms with E-state index in [1.54, 1.807) is 0 Å². The largest absolute Gasteiger partial charge is 0.481 e.